The number of nitrogens with zero attached hydrogens (tertiary/aromatic N) is 1. The van der Waals surface area contributed by atoms with Crippen molar-refractivity contribution in [2.45, 2.75) is 18.8 Å². The van der Waals surface area contributed by atoms with Crippen LogP contribution in [0.1, 0.15) is 18.8 Å². The Morgan fingerprint density at radius 3 is 2.44 bits per heavy atom. The Morgan fingerprint density at radius 1 is 1.44 bits per heavy atom. The summed E-state index contributed by atoms with van der Waals surface area (Å²) in [7, 11) is 0. The molecule has 1 rings (SSSR count). The van der Waals surface area contributed by atoms with Crippen molar-refractivity contribution < 1.29 is 0 Å². The first-order valence-corrected chi connectivity index (χ1v) is 3.54. The van der Waals surface area contributed by atoms with Crippen molar-refractivity contribution >= 4 is 11.6 Å². The molecule has 1 nitrogen and oxygen atoms in total. The molecule has 0 spiro atoms. The lowest BCUT2D eigenvalue weighted by molar-refractivity contribution is 0.651. The minimum Gasteiger partial charge on any atom is -0.338 e. The maximum absolute atomic E-state index is 5.89. The molecule has 1 atom stereocenters. The van der Waals surface area contributed by atoms with Crippen LogP contribution in [0.25, 0.3) is 0 Å². The largest absolute Gasteiger partial charge is 0.338 e. The van der Waals surface area contributed by atoms with Crippen molar-refractivity contribution in [2.75, 3.05) is 0 Å². The first-order chi connectivity index (χ1) is 4.34. The van der Waals surface area contributed by atoms with Crippen molar-refractivity contribution in [2.24, 2.45) is 0 Å². The smallest absolute Gasteiger partial charge is 0.107 e. The van der Waals surface area contributed by atoms with Crippen LogP contribution >= 0.6 is 11.6 Å². The molecule has 0 saturated heterocycles. The number of rotatable bonds is 2. The van der Waals surface area contributed by atoms with Crippen LogP contribution in [0.15, 0.2) is 24.5 Å². The van der Waals surface area contributed by atoms with Crippen LogP contribution in [-0.2, 0) is 0 Å². The molecule has 0 N–H and O–H groups in total. The lowest BCUT2D eigenvalue weighted by Gasteiger charge is -2.06. The van der Waals surface area contributed by atoms with Gasteiger partial charge in [-0.15, -0.1) is 0 Å². The second kappa shape index (κ2) is 2.92. The molecule has 1 heterocycles. The van der Waals surface area contributed by atoms with Crippen LogP contribution in [0.4, 0.5) is 0 Å². The van der Waals surface area contributed by atoms with E-state index in [1.165, 1.54) is 0 Å². The second-order valence-electron chi connectivity index (χ2n) is 1.97. The van der Waals surface area contributed by atoms with E-state index in [1.54, 1.807) is 0 Å². The van der Waals surface area contributed by atoms with Crippen LogP contribution in [0.3, 0.4) is 0 Å². The second-order valence-corrected chi connectivity index (χ2v) is 2.48. The van der Waals surface area contributed by atoms with Gasteiger partial charge < -0.3 is 4.57 Å². The van der Waals surface area contributed by atoms with Crippen LogP contribution in [0, 0.1) is 0 Å². The maximum Gasteiger partial charge on any atom is 0.107 e. The zero-order valence-corrected chi connectivity index (χ0v) is 6.17. The number of hydrogen-bond donors (Lipinski definition) is 0. The van der Waals surface area contributed by atoms with E-state index in [2.05, 4.69) is 6.92 Å². The van der Waals surface area contributed by atoms with Crippen LogP contribution < -0.4 is 0 Å². The molecule has 0 radical (unpaired) electrons. The topological polar surface area (TPSA) is 4.93 Å². The molecule has 0 bridgehead atoms. The Bertz CT molecular complexity index is 157. The van der Waals surface area contributed by atoms with Gasteiger partial charge in [0.25, 0.3) is 0 Å². The fourth-order valence-corrected chi connectivity index (χ4v) is 0.876. The van der Waals surface area contributed by atoms with E-state index in [1.807, 2.05) is 29.1 Å². The van der Waals surface area contributed by atoms with Gasteiger partial charge in [0, 0.05) is 12.4 Å². The van der Waals surface area contributed by atoms with Gasteiger partial charge >= 0.3 is 0 Å². The van der Waals surface area contributed by atoms with Gasteiger partial charge in [-0.2, -0.15) is 0 Å². The van der Waals surface area contributed by atoms with Crippen molar-refractivity contribution in [1.82, 2.24) is 4.57 Å². The van der Waals surface area contributed by atoms with Gasteiger partial charge in [-0.25, -0.2) is 0 Å². The number of alkyl halides is 1. The average Bonchev–Trinajstić information content (AvgIpc) is 2.37. The fraction of sp³-hybridized carbons (Fsp3) is 0.429. The summed E-state index contributed by atoms with van der Waals surface area (Å²) in [6.45, 7) is 2.07. The zero-order chi connectivity index (χ0) is 6.69. The monoisotopic (exact) mass is 143 g/mol. The summed E-state index contributed by atoms with van der Waals surface area (Å²) in [5, 5.41) is 0. The van der Waals surface area contributed by atoms with Crippen molar-refractivity contribution in [3.8, 4) is 0 Å². The predicted molar refractivity (Wildman–Crippen MR) is 39.6 cm³/mol. The van der Waals surface area contributed by atoms with Crippen molar-refractivity contribution in [3.05, 3.63) is 24.5 Å². The van der Waals surface area contributed by atoms with E-state index in [0.29, 0.717) is 0 Å². The molecule has 0 aromatic carbocycles. The Morgan fingerprint density at radius 2 is 2.00 bits per heavy atom. The molecule has 0 aliphatic rings. The summed E-state index contributed by atoms with van der Waals surface area (Å²) in [6.07, 6.45) is 4.92. The standard InChI is InChI=1S/C7H10ClN/c1-2-7(8)9-5-3-4-6-9/h3-7H,2H2,1H3. The van der Waals surface area contributed by atoms with Crippen molar-refractivity contribution in [1.29, 1.82) is 0 Å². The first kappa shape index (κ1) is 6.69. The average molecular weight is 144 g/mol. The third-order valence-electron chi connectivity index (χ3n) is 1.29. The highest BCUT2D eigenvalue weighted by Gasteiger charge is 1.98. The Hall–Kier alpha value is -0.430. The zero-order valence-electron chi connectivity index (χ0n) is 5.42. The van der Waals surface area contributed by atoms with Gasteiger partial charge in [-0.1, -0.05) is 18.5 Å². The molecule has 1 unspecified atom stereocenters. The minimum absolute atomic E-state index is 0.125. The van der Waals surface area contributed by atoms with Gasteiger partial charge in [0.05, 0.1) is 0 Å². The normalized spacial score (nSPS) is 13.6. The van der Waals surface area contributed by atoms with Crippen LogP contribution in [-0.4, -0.2) is 4.57 Å². The van der Waals surface area contributed by atoms with E-state index in [-0.39, 0.29) is 5.50 Å². The highest BCUT2D eigenvalue weighted by atomic mass is 35.5. The molecule has 0 saturated carbocycles. The third kappa shape index (κ3) is 1.49. The van der Waals surface area contributed by atoms with Crippen molar-refractivity contribution in [3.63, 3.8) is 0 Å². The number of hydrogen-bond acceptors (Lipinski definition) is 0. The van der Waals surface area contributed by atoms with Crippen LogP contribution in [0.2, 0.25) is 0 Å². The first-order valence-electron chi connectivity index (χ1n) is 3.11. The summed E-state index contributed by atoms with van der Waals surface area (Å²) in [5.41, 5.74) is 0.125. The summed E-state index contributed by atoms with van der Waals surface area (Å²) < 4.78 is 1.99. The van der Waals surface area contributed by atoms with E-state index in [4.69, 9.17) is 11.6 Å². The lowest BCUT2D eigenvalue weighted by Crippen LogP contribution is -1.95. The Labute approximate surface area is 60.2 Å². The van der Waals surface area contributed by atoms with E-state index < -0.39 is 0 Å². The number of aromatic nitrogens is 1. The fourth-order valence-electron chi connectivity index (χ4n) is 0.745. The maximum atomic E-state index is 5.89. The van der Waals surface area contributed by atoms with E-state index in [9.17, 15) is 0 Å². The van der Waals surface area contributed by atoms with Gasteiger partial charge in [0.2, 0.25) is 0 Å². The summed E-state index contributed by atoms with van der Waals surface area (Å²) in [5.74, 6) is 0. The molecule has 9 heavy (non-hydrogen) atoms. The molecule has 1 aromatic heterocycles. The summed E-state index contributed by atoms with van der Waals surface area (Å²) in [6, 6.07) is 3.95. The molecule has 50 valence electrons. The highest BCUT2D eigenvalue weighted by Crippen LogP contribution is 2.14. The number of halogens is 1. The van der Waals surface area contributed by atoms with Gasteiger partial charge in [0.1, 0.15) is 5.50 Å². The Balaban J connectivity index is 2.65. The quantitative estimate of drug-likeness (QED) is 0.561. The molecule has 1 aromatic rings. The molecular formula is C7H10ClN. The predicted octanol–water partition coefficient (Wildman–Crippen LogP) is 2.64. The minimum atomic E-state index is 0.125. The molecule has 2 heteroatoms. The molecule has 0 aliphatic carbocycles. The highest BCUT2D eigenvalue weighted by molar-refractivity contribution is 6.18. The third-order valence-corrected chi connectivity index (χ3v) is 1.82. The van der Waals surface area contributed by atoms with E-state index in [0.717, 1.165) is 6.42 Å². The van der Waals surface area contributed by atoms with Gasteiger partial charge in [-0.3, -0.25) is 0 Å². The van der Waals surface area contributed by atoms with E-state index >= 15 is 0 Å². The van der Waals surface area contributed by atoms with Crippen LogP contribution in [0.5, 0.6) is 0 Å². The molecule has 0 amide bonds. The molecule has 0 aliphatic heterocycles. The Kier molecular flexibility index (Phi) is 2.17. The lowest BCUT2D eigenvalue weighted by atomic mass is 10.5. The molecule has 0 fully saturated rings. The summed E-state index contributed by atoms with van der Waals surface area (Å²) in [4.78, 5) is 0. The molecular weight excluding hydrogens is 134 g/mol. The van der Waals surface area contributed by atoms with Gasteiger partial charge in [-0.05, 0) is 18.6 Å². The SMILES string of the molecule is CCC(Cl)n1cccc1. The summed E-state index contributed by atoms with van der Waals surface area (Å²) >= 11 is 5.89. The van der Waals surface area contributed by atoms with Gasteiger partial charge in [0.15, 0.2) is 0 Å².